The predicted octanol–water partition coefficient (Wildman–Crippen LogP) is 5.66. The van der Waals surface area contributed by atoms with Crippen molar-refractivity contribution in [2.75, 3.05) is 23.1 Å². The fraction of sp³-hybridized carbons (Fsp3) is 0.0741. The monoisotopic (exact) mass is 464 g/mol. The Morgan fingerprint density at radius 1 is 0.914 bits per heavy atom. The first kappa shape index (κ1) is 22.0. The van der Waals surface area contributed by atoms with E-state index >= 15 is 0 Å². The van der Waals surface area contributed by atoms with Crippen LogP contribution in [0.2, 0.25) is 0 Å². The average molecular weight is 465 g/mol. The number of imidazole rings is 1. The van der Waals surface area contributed by atoms with Crippen LogP contribution in [0, 0.1) is 0 Å². The standard InChI is InChI=1S/C27H24N6O2/c1-35-24-10-6-5-7-20(24)17-29-25-26-28-15-16-33(26)18-23(32-25)19-11-13-22(14-12-19)31-27(34)30-21-8-3-2-4-9-21/h2-16,18H,17H2,1H3,(H,29,32)(H2,30,31,34). The second-order valence-corrected chi connectivity index (χ2v) is 7.82. The zero-order chi connectivity index (χ0) is 24.0. The minimum Gasteiger partial charge on any atom is -0.496 e. The molecule has 0 aliphatic rings. The molecule has 5 aromatic rings. The molecule has 2 amide bonds. The Bertz CT molecular complexity index is 1450. The molecule has 3 N–H and O–H groups in total. The highest BCUT2D eigenvalue weighted by Gasteiger charge is 2.11. The minimum atomic E-state index is -0.301. The number of nitrogens with one attached hydrogen (secondary N) is 3. The Balaban J connectivity index is 1.33. The van der Waals surface area contributed by atoms with Crippen molar-refractivity contribution in [3.63, 3.8) is 0 Å². The van der Waals surface area contributed by atoms with E-state index in [0.717, 1.165) is 33.9 Å². The molecule has 0 unspecified atom stereocenters. The van der Waals surface area contributed by atoms with Crippen LogP contribution in [0.3, 0.4) is 0 Å². The van der Waals surface area contributed by atoms with E-state index < -0.39 is 0 Å². The molecule has 3 aromatic carbocycles. The second kappa shape index (κ2) is 9.96. The van der Waals surface area contributed by atoms with Crippen LogP contribution < -0.4 is 20.7 Å². The molecule has 0 aliphatic heterocycles. The third-order valence-electron chi connectivity index (χ3n) is 5.48. The number of anilines is 3. The molecule has 5 rings (SSSR count). The molecule has 8 nitrogen and oxygen atoms in total. The molecular weight excluding hydrogens is 440 g/mol. The zero-order valence-corrected chi connectivity index (χ0v) is 19.1. The summed E-state index contributed by atoms with van der Waals surface area (Å²) in [5.41, 5.74) is 4.86. The van der Waals surface area contributed by atoms with Gasteiger partial charge in [0, 0.05) is 47.6 Å². The van der Waals surface area contributed by atoms with Gasteiger partial charge < -0.3 is 25.1 Å². The first-order chi connectivity index (χ1) is 17.2. The van der Waals surface area contributed by atoms with Gasteiger partial charge in [-0.1, -0.05) is 48.5 Å². The van der Waals surface area contributed by atoms with Gasteiger partial charge >= 0.3 is 6.03 Å². The molecule has 35 heavy (non-hydrogen) atoms. The fourth-order valence-corrected chi connectivity index (χ4v) is 3.76. The van der Waals surface area contributed by atoms with Gasteiger partial charge in [0.25, 0.3) is 0 Å². The first-order valence-corrected chi connectivity index (χ1v) is 11.1. The maximum Gasteiger partial charge on any atom is 0.323 e. The van der Waals surface area contributed by atoms with Crippen LogP contribution in [0.1, 0.15) is 5.56 Å². The van der Waals surface area contributed by atoms with Gasteiger partial charge in [0.05, 0.1) is 12.8 Å². The van der Waals surface area contributed by atoms with Crippen LogP contribution in [0.4, 0.5) is 22.0 Å². The van der Waals surface area contributed by atoms with Gasteiger partial charge in [-0.25, -0.2) is 14.8 Å². The number of methoxy groups -OCH3 is 1. The third kappa shape index (κ3) is 5.06. The van der Waals surface area contributed by atoms with Gasteiger partial charge in [0.15, 0.2) is 11.5 Å². The smallest absolute Gasteiger partial charge is 0.323 e. The van der Waals surface area contributed by atoms with Crippen LogP contribution in [0.15, 0.2) is 97.5 Å². The molecule has 2 aromatic heterocycles. The predicted molar refractivity (Wildman–Crippen MR) is 138 cm³/mol. The third-order valence-corrected chi connectivity index (χ3v) is 5.48. The van der Waals surface area contributed by atoms with Gasteiger partial charge in [0.2, 0.25) is 0 Å². The lowest BCUT2D eigenvalue weighted by atomic mass is 10.1. The Morgan fingerprint density at radius 3 is 2.40 bits per heavy atom. The SMILES string of the molecule is COc1ccccc1CNc1nc(-c2ccc(NC(=O)Nc3ccccc3)cc2)cn2ccnc12. The summed E-state index contributed by atoms with van der Waals surface area (Å²) in [4.78, 5) is 21.5. The van der Waals surface area contributed by atoms with Crippen molar-refractivity contribution < 1.29 is 9.53 Å². The van der Waals surface area contributed by atoms with E-state index in [1.165, 1.54) is 0 Å². The number of carbonyl (C=O) groups is 1. The Kier molecular flexibility index (Phi) is 6.25. The van der Waals surface area contributed by atoms with E-state index in [1.807, 2.05) is 95.7 Å². The number of amides is 2. The van der Waals surface area contributed by atoms with Crippen molar-refractivity contribution in [2.45, 2.75) is 6.54 Å². The maximum absolute atomic E-state index is 12.3. The number of benzene rings is 3. The Labute approximate surface area is 202 Å². The number of urea groups is 1. The van der Waals surface area contributed by atoms with Crippen LogP contribution in [-0.2, 0) is 6.54 Å². The van der Waals surface area contributed by atoms with Crippen molar-refractivity contribution in [2.24, 2.45) is 0 Å². The first-order valence-electron chi connectivity index (χ1n) is 11.1. The van der Waals surface area contributed by atoms with Gasteiger partial charge in [-0.05, 0) is 30.3 Å². The maximum atomic E-state index is 12.3. The summed E-state index contributed by atoms with van der Waals surface area (Å²) in [6.07, 6.45) is 5.56. The van der Waals surface area contributed by atoms with Crippen LogP contribution in [0.5, 0.6) is 5.75 Å². The number of fused-ring (bicyclic) bond motifs is 1. The van der Waals surface area contributed by atoms with Crippen LogP contribution >= 0.6 is 0 Å². The highest BCUT2D eigenvalue weighted by atomic mass is 16.5. The molecule has 8 heteroatoms. The number of ether oxygens (including phenoxy) is 1. The van der Waals surface area contributed by atoms with Crippen molar-refractivity contribution in [3.8, 4) is 17.0 Å². The van der Waals surface area contributed by atoms with Gasteiger partial charge in [-0.15, -0.1) is 0 Å². The number of para-hydroxylation sites is 2. The van der Waals surface area contributed by atoms with Crippen LogP contribution in [0.25, 0.3) is 16.9 Å². The molecule has 0 bridgehead atoms. The van der Waals surface area contributed by atoms with E-state index in [-0.39, 0.29) is 6.03 Å². The van der Waals surface area contributed by atoms with Gasteiger partial charge in [-0.2, -0.15) is 0 Å². The molecule has 0 saturated heterocycles. The van der Waals surface area contributed by atoms with E-state index in [0.29, 0.717) is 18.1 Å². The topological polar surface area (TPSA) is 92.6 Å². The van der Waals surface area contributed by atoms with E-state index in [2.05, 4.69) is 20.9 Å². The summed E-state index contributed by atoms with van der Waals surface area (Å²) in [7, 11) is 1.66. The van der Waals surface area contributed by atoms with Crippen molar-refractivity contribution in [3.05, 3.63) is 103 Å². The Hall–Kier alpha value is -4.85. The summed E-state index contributed by atoms with van der Waals surface area (Å²) in [5.74, 6) is 1.48. The summed E-state index contributed by atoms with van der Waals surface area (Å²) in [6.45, 7) is 0.544. The number of aromatic nitrogens is 3. The number of hydrogen-bond donors (Lipinski definition) is 3. The lowest BCUT2D eigenvalue weighted by molar-refractivity contribution is 0.262. The summed E-state index contributed by atoms with van der Waals surface area (Å²) < 4.78 is 7.39. The fourth-order valence-electron chi connectivity index (χ4n) is 3.76. The number of carbonyl (C=O) groups excluding carboxylic acids is 1. The van der Waals surface area contributed by atoms with Crippen molar-refractivity contribution in [1.29, 1.82) is 0 Å². The lowest BCUT2D eigenvalue weighted by Gasteiger charge is -2.12. The van der Waals surface area contributed by atoms with Gasteiger partial charge in [-0.3, -0.25) is 0 Å². The summed E-state index contributed by atoms with van der Waals surface area (Å²) >= 11 is 0. The minimum absolute atomic E-state index is 0.301. The largest absolute Gasteiger partial charge is 0.496 e. The molecule has 0 atom stereocenters. The average Bonchev–Trinajstić information content (AvgIpc) is 3.37. The van der Waals surface area contributed by atoms with Crippen molar-refractivity contribution in [1.82, 2.24) is 14.4 Å². The van der Waals surface area contributed by atoms with Crippen LogP contribution in [-0.4, -0.2) is 27.5 Å². The summed E-state index contributed by atoms with van der Waals surface area (Å²) in [5, 5.41) is 9.05. The van der Waals surface area contributed by atoms with Gasteiger partial charge in [0.1, 0.15) is 5.75 Å². The molecule has 0 fully saturated rings. The molecule has 0 saturated carbocycles. The van der Waals surface area contributed by atoms with Crippen molar-refractivity contribution >= 4 is 28.9 Å². The molecule has 2 heterocycles. The normalized spacial score (nSPS) is 10.7. The Morgan fingerprint density at radius 2 is 1.63 bits per heavy atom. The van der Waals surface area contributed by atoms with E-state index in [9.17, 15) is 4.79 Å². The molecular formula is C27H24N6O2. The van der Waals surface area contributed by atoms with E-state index in [1.54, 1.807) is 13.3 Å². The molecule has 0 spiro atoms. The quantitative estimate of drug-likeness (QED) is 0.289. The molecule has 0 radical (unpaired) electrons. The number of nitrogens with zero attached hydrogens (tertiary/aromatic N) is 3. The zero-order valence-electron chi connectivity index (χ0n) is 19.1. The highest BCUT2D eigenvalue weighted by molar-refractivity contribution is 5.99. The number of rotatable bonds is 7. The molecule has 0 aliphatic carbocycles. The lowest BCUT2D eigenvalue weighted by Crippen LogP contribution is -2.19. The number of hydrogen-bond acceptors (Lipinski definition) is 5. The highest BCUT2D eigenvalue weighted by Crippen LogP contribution is 2.25. The van der Waals surface area contributed by atoms with E-state index in [4.69, 9.17) is 9.72 Å². The molecule has 174 valence electrons. The second-order valence-electron chi connectivity index (χ2n) is 7.82. The summed E-state index contributed by atoms with van der Waals surface area (Å²) in [6, 6.07) is 24.4.